The summed E-state index contributed by atoms with van der Waals surface area (Å²) in [5.74, 6) is 0. The molecule has 2 aliphatic rings. The van der Waals surface area contributed by atoms with Gasteiger partial charge in [0, 0.05) is 47.0 Å². The van der Waals surface area contributed by atoms with Crippen LogP contribution in [0, 0.1) is 0 Å². The number of benzene rings is 2. The largest absolute Gasteiger partial charge is 0.768 e. The Morgan fingerprint density at radius 2 is 1.92 bits per heavy atom. The molecule has 0 bridgehead atoms. The summed E-state index contributed by atoms with van der Waals surface area (Å²) in [4.78, 5) is 5.20. The summed E-state index contributed by atoms with van der Waals surface area (Å²) >= 11 is 3.99. The van der Waals surface area contributed by atoms with Crippen LogP contribution in [0.3, 0.4) is 0 Å². The Bertz CT molecular complexity index is 797. The van der Waals surface area contributed by atoms with Crippen LogP contribution in [0.15, 0.2) is 47.4 Å². The minimum Gasteiger partial charge on any atom is -0.768 e. The van der Waals surface area contributed by atoms with Gasteiger partial charge in [0.2, 0.25) is 0 Å². The van der Waals surface area contributed by atoms with Crippen molar-refractivity contribution in [2.24, 2.45) is 0 Å². The van der Waals surface area contributed by atoms with Crippen LogP contribution < -0.4 is 9.80 Å². The Balaban J connectivity index is 1.51. The van der Waals surface area contributed by atoms with E-state index in [1.54, 1.807) is 12.1 Å². The molecular weight excluding hydrogens is 356 g/mol. The molecule has 2 heterocycles. The molecule has 0 aliphatic carbocycles. The van der Waals surface area contributed by atoms with Gasteiger partial charge in [0.05, 0.1) is 0 Å². The second-order valence-corrected chi connectivity index (χ2v) is 8.06. The van der Waals surface area contributed by atoms with Gasteiger partial charge < -0.3 is 14.4 Å². The summed E-state index contributed by atoms with van der Waals surface area (Å²) < 4.78 is 22.0. The molecule has 0 aromatic heterocycles. The second kappa shape index (κ2) is 6.98. The molecule has 2 aromatic carbocycles. The van der Waals surface area contributed by atoms with Crippen LogP contribution in [0.1, 0.15) is 18.4 Å². The fourth-order valence-electron chi connectivity index (χ4n) is 3.97. The Kier molecular flexibility index (Phi) is 4.71. The van der Waals surface area contributed by atoms with Gasteiger partial charge in [-0.1, -0.05) is 11.6 Å². The third kappa shape index (κ3) is 3.41. The van der Waals surface area contributed by atoms with E-state index in [2.05, 4.69) is 21.9 Å². The van der Waals surface area contributed by atoms with Crippen LogP contribution in [0.4, 0.5) is 11.4 Å². The first-order chi connectivity index (χ1) is 12.1. The van der Waals surface area contributed by atoms with E-state index in [9.17, 15) is 8.76 Å². The Labute approximate surface area is 155 Å². The molecule has 1 fully saturated rings. The molecule has 4 nitrogen and oxygen atoms in total. The zero-order chi connectivity index (χ0) is 17.4. The highest BCUT2D eigenvalue weighted by Crippen LogP contribution is 2.34. The molecule has 2 aromatic rings. The van der Waals surface area contributed by atoms with Crippen LogP contribution in [0.5, 0.6) is 0 Å². The average Bonchev–Trinajstić information content (AvgIpc) is 3.11. The minimum atomic E-state index is -2.16. The molecule has 4 rings (SSSR count). The predicted octanol–water partition coefficient (Wildman–Crippen LogP) is 3.61. The van der Waals surface area contributed by atoms with Crippen LogP contribution in [0.25, 0.3) is 0 Å². The third-order valence-electron chi connectivity index (χ3n) is 5.19. The van der Waals surface area contributed by atoms with E-state index in [1.807, 2.05) is 18.2 Å². The van der Waals surface area contributed by atoms with Gasteiger partial charge in [0.25, 0.3) is 0 Å². The number of hydrogen-bond acceptors (Lipinski definition) is 4. The lowest BCUT2D eigenvalue weighted by Gasteiger charge is -2.36. The van der Waals surface area contributed by atoms with E-state index >= 15 is 0 Å². The van der Waals surface area contributed by atoms with Gasteiger partial charge in [0.15, 0.2) is 0 Å². The number of fused-ring (bicyclic) bond motifs is 1. The zero-order valence-electron chi connectivity index (χ0n) is 13.9. The molecule has 2 atom stereocenters. The molecule has 1 unspecified atom stereocenters. The summed E-state index contributed by atoms with van der Waals surface area (Å²) in [5.41, 5.74) is 3.75. The number of anilines is 2. The van der Waals surface area contributed by atoms with Gasteiger partial charge in [-0.25, -0.2) is 0 Å². The van der Waals surface area contributed by atoms with Gasteiger partial charge in [-0.2, -0.15) is 0 Å². The number of halogens is 1. The van der Waals surface area contributed by atoms with Gasteiger partial charge >= 0.3 is 0 Å². The van der Waals surface area contributed by atoms with Crippen molar-refractivity contribution in [3.63, 3.8) is 0 Å². The number of hydrogen-bond donors (Lipinski definition) is 0. The second-order valence-electron chi connectivity index (χ2n) is 6.69. The lowest BCUT2D eigenvalue weighted by Crippen LogP contribution is -2.40. The van der Waals surface area contributed by atoms with Gasteiger partial charge in [-0.05, 0) is 78.4 Å². The van der Waals surface area contributed by atoms with E-state index in [-0.39, 0.29) is 0 Å². The van der Waals surface area contributed by atoms with Crippen molar-refractivity contribution < 1.29 is 8.76 Å². The van der Waals surface area contributed by atoms with E-state index < -0.39 is 11.1 Å². The zero-order valence-corrected chi connectivity index (χ0v) is 15.4. The van der Waals surface area contributed by atoms with Crippen LogP contribution in [-0.4, -0.2) is 34.4 Å². The molecule has 6 heteroatoms. The SMILES string of the molecule is O=S([O-])c1ccc(N2CC[C@H](N3CCCc4cc(Cl)ccc43)C2)cc1. The quantitative estimate of drug-likeness (QED) is 0.769. The molecule has 0 saturated carbocycles. The predicted molar refractivity (Wildman–Crippen MR) is 101 cm³/mol. The molecule has 1 saturated heterocycles. The summed E-state index contributed by atoms with van der Waals surface area (Å²) in [7, 11) is 0. The number of aryl methyl sites for hydroxylation is 1. The molecule has 25 heavy (non-hydrogen) atoms. The first-order valence-corrected chi connectivity index (χ1v) is 10.1. The van der Waals surface area contributed by atoms with Gasteiger partial charge in [-0.3, -0.25) is 4.21 Å². The van der Waals surface area contributed by atoms with Gasteiger partial charge in [0.1, 0.15) is 0 Å². The number of rotatable bonds is 3. The van der Waals surface area contributed by atoms with E-state index in [0.29, 0.717) is 10.9 Å². The van der Waals surface area contributed by atoms with E-state index in [0.717, 1.165) is 49.6 Å². The molecule has 0 amide bonds. The van der Waals surface area contributed by atoms with Crippen molar-refractivity contribution >= 4 is 34.1 Å². The highest BCUT2D eigenvalue weighted by molar-refractivity contribution is 7.79. The summed E-state index contributed by atoms with van der Waals surface area (Å²) in [6.07, 6.45) is 3.36. The van der Waals surface area contributed by atoms with E-state index in [1.165, 1.54) is 11.3 Å². The van der Waals surface area contributed by atoms with Crippen molar-refractivity contribution in [2.45, 2.75) is 30.2 Å². The summed E-state index contributed by atoms with van der Waals surface area (Å²) in [6.45, 7) is 3.03. The summed E-state index contributed by atoms with van der Waals surface area (Å²) in [5, 5.41) is 0.810. The third-order valence-corrected chi connectivity index (χ3v) is 6.09. The maximum absolute atomic E-state index is 11.0. The maximum atomic E-state index is 11.0. The van der Waals surface area contributed by atoms with Crippen LogP contribution in [0.2, 0.25) is 5.02 Å². The Morgan fingerprint density at radius 3 is 2.68 bits per heavy atom. The first kappa shape index (κ1) is 16.9. The standard InChI is InChI=1S/C19H21ClN2O2S/c20-15-3-8-19-14(12-15)2-1-10-22(19)17-9-11-21(13-17)16-4-6-18(7-5-16)25(23)24/h3-8,12,17H,1-2,9-11,13H2,(H,23,24)/p-1/t17-/m0/s1. The topological polar surface area (TPSA) is 46.6 Å². The molecule has 132 valence electrons. The average molecular weight is 376 g/mol. The molecular formula is C19H20ClN2O2S-. The fourth-order valence-corrected chi connectivity index (χ4v) is 4.53. The van der Waals surface area contributed by atoms with Crippen molar-refractivity contribution in [2.75, 3.05) is 29.4 Å². The number of nitrogens with zero attached hydrogens (tertiary/aromatic N) is 2. The Morgan fingerprint density at radius 1 is 1.12 bits per heavy atom. The van der Waals surface area contributed by atoms with Crippen molar-refractivity contribution in [3.05, 3.63) is 53.1 Å². The monoisotopic (exact) mass is 375 g/mol. The summed E-state index contributed by atoms with van der Waals surface area (Å²) in [6, 6.07) is 13.8. The highest BCUT2D eigenvalue weighted by atomic mass is 35.5. The van der Waals surface area contributed by atoms with Gasteiger partial charge in [-0.15, -0.1) is 0 Å². The lowest BCUT2D eigenvalue weighted by molar-refractivity contribution is 0.537. The highest BCUT2D eigenvalue weighted by Gasteiger charge is 2.30. The molecule has 0 radical (unpaired) electrons. The maximum Gasteiger partial charge on any atom is 0.0482 e. The minimum absolute atomic E-state index is 0.335. The van der Waals surface area contributed by atoms with Crippen molar-refractivity contribution in [1.29, 1.82) is 0 Å². The Hall–Kier alpha value is -1.56. The van der Waals surface area contributed by atoms with E-state index in [4.69, 9.17) is 11.6 Å². The van der Waals surface area contributed by atoms with Crippen molar-refractivity contribution in [1.82, 2.24) is 0 Å². The molecule has 2 aliphatic heterocycles. The first-order valence-electron chi connectivity index (χ1n) is 8.61. The van der Waals surface area contributed by atoms with Crippen LogP contribution in [-0.2, 0) is 17.5 Å². The van der Waals surface area contributed by atoms with Crippen molar-refractivity contribution in [3.8, 4) is 0 Å². The smallest absolute Gasteiger partial charge is 0.0482 e. The fraction of sp³-hybridized carbons (Fsp3) is 0.368. The lowest BCUT2D eigenvalue weighted by atomic mass is 9.99. The molecule has 0 spiro atoms. The molecule has 0 N–H and O–H groups in total. The van der Waals surface area contributed by atoms with Crippen LogP contribution >= 0.6 is 11.6 Å². The normalized spacial score (nSPS) is 21.3.